The predicted octanol–water partition coefficient (Wildman–Crippen LogP) is 4.16. The quantitative estimate of drug-likeness (QED) is 0.299. The molecule has 7 nitrogen and oxygen atoms in total. The summed E-state index contributed by atoms with van der Waals surface area (Å²) in [5.41, 5.74) is 3.05. The first-order chi connectivity index (χ1) is 15.5. The summed E-state index contributed by atoms with van der Waals surface area (Å²) in [6.45, 7) is 6.68. The van der Waals surface area contributed by atoms with Gasteiger partial charge in [-0.25, -0.2) is 9.67 Å². The summed E-state index contributed by atoms with van der Waals surface area (Å²) >= 11 is 0. The smallest absolute Gasteiger partial charge is 0.191 e. The SMILES string of the molecule is CN=C(NCC1(c2ccc(C(C)C)cc2)CCCC1)NC1CCc2nc(COC)nn2C1.I. The van der Waals surface area contributed by atoms with Crippen molar-refractivity contribution in [2.24, 2.45) is 4.99 Å². The molecule has 0 spiro atoms. The fraction of sp³-hybridized carbons (Fsp3) is 0.640. The molecule has 0 radical (unpaired) electrons. The maximum Gasteiger partial charge on any atom is 0.191 e. The van der Waals surface area contributed by atoms with E-state index in [1.165, 1.54) is 36.8 Å². The van der Waals surface area contributed by atoms with Gasteiger partial charge in [0.2, 0.25) is 0 Å². The second kappa shape index (κ2) is 11.6. The number of nitrogens with one attached hydrogen (secondary N) is 2. The minimum Gasteiger partial charge on any atom is -0.377 e. The van der Waals surface area contributed by atoms with Crippen LogP contribution >= 0.6 is 24.0 Å². The molecule has 2 N–H and O–H groups in total. The molecule has 1 aromatic carbocycles. The van der Waals surface area contributed by atoms with Gasteiger partial charge in [0.15, 0.2) is 11.8 Å². The molecule has 1 saturated carbocycles. The number of guanidine groups is 1. The number of hydrogen-bond donors (Lipinski definition) is 2. The van der Waals surface area contributed by atoms with Crippen LogP contribution in [0.5, 0.6) is 0 Å². The van der Waals surface area contributed by atoms with Crippen LogP contribution in [0.1, 0.15) is 74.6 Å². The molecular formula is C25H39IN6O. The number of hydrogen-bond acceptors (Lipinski definition) is 4. The van der Waals surface area contributed by atoms with E-state index in [1.807, 2.05) is 11.7 Å². The van der Waals surface area contributed by atoms with Gasteiger partial charge < -0.3 is 15.4 Å². The van der Waals surface area contributed by atoms with E-state index >= 15 is 0 Å². The number of methoxy groups -OCH3 is 1. The van der Waals surface area contributed by atoms with Gasteiger partial charge in [-0.2, -0.15) is 5.10 Å². The van der Waals surface area contributed by atoms with Gasteiger partial charge in [0, 0.05) is 38.6 Å². The summed E-state index contributed by atoms with van der Waals surface area (Å²) < 4.78 is 7.19. The van der Waals surface area contributed by atoms with Crippen LogP contribution in [0.2, 0.25) is 0 Å². The minimum absolute atomic E-state index is 0. The van der Waals surface area contributed by atoms with Crippen molar-refractivity contribution in [3.05, 3.63) is 47.0 Å². The third kappa shape index (κ3) is 6.07. The van der Waals surface area contributed by atoms with Gasteiger partial charge in [-0.3, -0.25) is 4.99 Å². The maximum atomic E-state index is 5.18. The number of fused-ring (bicyclic) bond motifs is 1. The van der Waals surface area contributed by atoms with Gasteiger partial charge in [-0.05, 0) is 36.3 Å². The lowest BCUT2D eigenvalue weighted by Crippen LogP contribution is -2.50. The van der Waals surface area contributed by atoms with Crippen molar-refractivity contribution in [2.75, 3.05) is 20.7 Å². The minimum atomic E-state index is 0. The van der Waals surface area contributed by atoms with E-state index in [9.17, 15) is 0 Å². The van der Waals surface area contributed by atoms with Gasteiger partial charge in [0.05, 0.1) is 6.54 Å². The average Bonchev–Trinajstić information content (AvgIpc) is 3.44. The second-order valence-electron chi connectivity index (χ2n) is 9.63. The number of halogens is 1. The Morgan fingerprint density at radius 2 is 1.97 bits per heavy atom. The van der Waals surface area contributed by atoms with Crippen molar-refractivity contribution in [1.29, 1.82) is 0 Å². The van der Waals surface area contributed by atoms with Crippen molar-refractivity contribution in [3.8, 4) is 0 Å². The number of ether oxygens (including phenoxy) is 1. The largest absolute Gasteiger partial charge is 0.377 e. The molecule has 8 heteroatoms. The fourth-order valence-electron chi connectivity index (χ4n) is 5.15. The molecule has 0 bridgehead atoms. The maximum absolute atomic E-state index is 5.18. The Labute approximate surface area is 215 Å². The molecule has 1 atom stereocenters. The Balaban J connectivity index is 0.00000306. The highest BCUT2D eigenvalue weighted by Gasteiger charge is 2.36. The lowest BCUT2D eigenvalue weighted by Gasteiger charge is -2.32. The molecule has 1 aromatic heterocycles. The first-order valence-corrected chi connectivity index (χ1v) is 12.0. The second-order valence-corrected chi connectivity index (χ2v) is 9.63. The van der Waals surface area contributed by atoms with Crippen LogP contribution in [-0.4, -0.2) is 47.5 Å². The summed E-state index contributed by atoms with van der Waals surface area (Å²) in [5, 5.41) is 11.9. The lowest BCUT2D eigenvalue weighted by atomic mass is 9.78. The van der Waals surface area contributed by atoms with Crippen LogP contribution in [0.15, 0.2) is 29.3 Å². The Morgan fingerprint density at radius 3 is 2.61 bits per heavy atom. The van der Waals surface area contributed by atoms with Crippen molar-refractivity contribution in [1.82, 2.24) is 25.4 Å². The van der Waals surface area contributed by atoms with Crippen LogP contribution in [0, 0.1) is 0 Å². The topological polar surface area (TPSA) is 76.4 Å². The molecule has 2 heterocycles. The van der Waals surface area contributed by atoms with Crippen molar-refractivity contribution in [2.45, 2.75) is 82.9 Å². The molecule has 1 aliphatic heterocycles. The number of rotatable bonds is 7. The van der Waals surface area contributed by atoms with Crippen molar-refractivity contribution >= 4 is 29.9 Å². The predicted molar refractivity (Wildman–Crippen MR) is 143 cm³/mol. The van der Waals surface area contributed by atoms with Gasteiger partial charge in [-0.15, -0.1) is 24.0 Å². The number of aromatic nitrogens is 3. The van der Waals surface area contributed by atoms with E-state index < -0.39 is 0 Å². The highest BCUT2D eigenvalue weighted by molar-refractivity contribution is 14.0. The molecule has 1 fully saturated rings. The first kappa shape index (κ1) is 25.9. The van der Waals surface area contributed by atoms with Gasteiger partial charge >= 0.3 is 0 Å². The molecule has 1 aliphatic carbocycles. The zero-order valence-electron chi connectivity index (χ0n) is 20.4. The van der Waals surface area contributed by atoms with Gasteiger partial charge in [-0.1, -0.05) is 51.0 Å². The van der Waals surface area contributed by atoms with Crippen LogP contribution in [0.4, 0.5) is 0 Å². The lowest BCUT2D eigenvalue weighted by molar-refractivity contribution is 0.177. The summed E-state index contributed by atoms with van der Waals surface area (Å²) in [7, 11) is 3.53. The molecule has 1 unspecified atom stereocenters. The molecule has 182 valence electrons. The Morgan fingerprint density at radius 1 is 1.24 bits per heavy atom. The van der Waals surface area contributed by atoms with E-state index in [1.54, 1.807) is 7.11 Å². The first-order valence-electron chi connectivity index (χ1n) is 12.0. The molecule has 0 amide bonds. The zero-order chi connectivity index (χ0) is 22.6. The number of aryl methyl sites for hydroxylation is 1. The van der Waals surface area contributed by atoms with E-state index in [4.69, 9.17) is 4.74 Å². The fourth-order valence-corrected chi connectivity index (χ4v) is 5.15. The third-order valence-corrected chi connectivity index (χ3v) is 7.08. The van der Waals surface area contributed by atoms with E-state index in [0.29, 0.717) is 12.5 Å². The van der Waals surface area contributed by atoms with Crippen molar-refractivity contribution < 1.29 is 4.74 Å². The van der Waals surface area contributed by atoms with E-state index in [-0.39, 0.29) is 35.4 Å². The number of aliphatic imine (C=N–C) groups is 1. The van der Waals surface area contributed by atoms with Crippen LogP contribution in [-0.2, 0) is 29.7 Å². The number of nitrogens with zero attached hydrogens (tertiary/aromatic N) is 4. The van der Waals surface area contributed by atoms with E-state index in [2.05, 4.69) is 63.8 Å². The molecule has 2 aromatic rings. The summed E-state index contributed by atoms with van der Waals surface area (Å²) in [4.78, 5) is 9.10. The zero-order valence-corrected chi connectivity index (χ0v) is 22.8. The Hall–Kier alpha value is -1.68. The highest BCUT2D eigenvalue weighted by Crippen LogP contribution is 2.41. The molecule has 0 saturated heterocycles. The standard InChI is InChI=1S/C25H38N6O.HI/c1-18(2)19-7-9-20(10-8-19)25(13-5-6-14-25)17-27-24(26-3)28-21-11-12-23-29-22(16-32-4)30-31(23)15-21;/h7-10,18,21H,5-6,11-17H2,1-4H3,(H2,26,27,28);1H. The van der Waals surface area contributed by atoms with Gasteiger partial charge in [0.1, 0.15) is 12.4 Å². The average molecular weight is 567 g/mol. The molecule has 2 aliphatic rings. The summed E-state index contributed by atoms with van der Waals surface area (Å²) in [5.74, 6) is 3.25. The number of benzene rings is 1. The highest BCUT2D eigenvalue weighted by atomic mass is 127. The monoisotopic (exact) mass is 566 g/mol. The third-order valence-electron chi connectivity index (χ3n) is 7.08. The Kier molecular flexibility index (Phi) is 9.15. The van der Waals surface area contributed by atoms with Crippen LogP contribution in [0.25, 0.3) is 0 Å². The molecule has 4 rings (SSSR count). The molecular weight excluding hydrogens is 527 g/mol. The van der Waals surface area contributed by atoms with Crippen LogP contribution < -0.4 is 10.6 Å². The van der Waals surface area contributed by atoms with Gasteiger partial charge in [0.25, 0.3) is 0 Å². The summed E-state index contributed by atoms with van der Waals surface area (Å²) in [6.07, 6.45) is 6.98. The Bertz CT molecular complexity index is 917. The summed E-state index contributed by atoms with van der Waals surface area (Å²) in [6, 6.07) is 9.61. The van der Waals surface area contributed by atoms with Crippen LogP contribution in [0.3, 0.4) is 0 Å². The normalized spacial score (nSPS) is 19.8. The molecule has 33 heavy (non-hydrogen) atoms. The van der Waals surface area contributed by atoms with E-state index in [0.717, 1.165) is 43.5 Å². The van der Waals surface area contributed by atoms with Crippen molar-refractivity contribution in [3.63, 3.8) is 0 Å².